The summed E-state index contributed by atoms with van der Waals surface area (Å²) in [5.41, 5.74) is 0.782. The fraction of sp³-hybridized carbons (Fsp3) is 0.444. The number of ether oxygens (including phenoxy) is 1. The van der Waals surface area contributed by atoms with E-state index in [0.29, 0.717) is 6.61 Å². The van der Waals surface area contributed by atoms with E-state index in [4.69, 9.17) is 4.74 Å². The van der Waals surface area contributed by atoms with Crippen LogP contribution in [-0.2, 0) is 4.74 Å². The third-order valence-corrected chi connectivity index (χ3v) is 2.22. The predicted octanol–water partition coefficient (Wildman–Crippen LogP) is 1.86. The molecular weight excluding hydrogens is 200 g/mol. The van der Waals surface area contributed by atoms with Gasteiger partial charge in [0.15, 0.2) is 0 Å². The van der Waals surface area contributed by atoms with Crippen LogP contribution < -0.4 is 5.32 Å². The summed E-state index contributed by atoms with van der Waals surface area (Å²) in [5, 5.41) is 6.38. The van der Waals surface area contributed by atoms with Crippen LogP contribution in [0.25, 0.3) is 0 Å². The first-order valence-corrected chi connectivity index (χ1v) is 5.23. The highest BCUT2D eigenvalue weighted by Gasteiger charge is 2.02. The number of thiophene rings is 1. The molecule has 0 aliphatic heterocycles. The molecule has 0 fully saturated rings. The summed E-state index contributed by atoms with van der Waals surface area (Å²) in [5.74, 6) is 0. The summed E-state index contributed by atoms with van der Waals surface area (Å²) in [6, 6.07) is 1.83. The zero-order chi connectivity index (χ0) is 10.4. The molecule has 1 N–H and O–H groups in total. The van der Waals surface area contributed by atoms with Crippen molar-refractivity contribution >= 4 is 23.1 Å². The van der Waals surface area contributed by atoms with E-state index in [0.717, 1.165) is 12.2 Å². The molecule has 1 aromatic heterocycles. The minimum Gasteiger partial charge on any atom is -0.448 e. The summed E-state index contributed by atoms with van der Waals surface area (Å²) in [7, 11) is 3.86. The van der Waals surface area contributed by atoms with Gasteiger partial charge in [-0.05, 0) is 25.5 Å². The van der Waals surface area contributed by atoms with Crippen molar-refractivity contribution in [1.29, 1.82) is 0 Å². The van der Waals surface area contributed by atoms with Gasteiger partial charge in [0.25, 0.3) is 0 Å². The van der Waals surface area contributed by atoms with Crippen molar-refractivity contribution in [2.75, 3.05) is 32.6 Å². The maximum absolute atomic E-state index is 11.1. The van der Waals surface area contributed by atoms with E-state index in [1.54, 1.807) is 0 Å². The second kappa shape index (κ2) is 5.62. The zero-order valence-electron chi connectivity index (χ0n) is 8.32. The highest BCUT2D eigenvalue weighted by molar-refractivity contribution is 7.08. The van der Waals surface area contributed by atoms with E-state index < -0.39 is 6.09 Å². The smallest absolute Gasteiger partial charge is 0.411 e. The molecule has 78 valence electrons. The summed E-state index contributed by atoms with van der Waals surface area (Å²) in [6.45, 7) is 1.14. The average Bonchev–Trinajstić information content (AvgIpc) is 2.56. The molecular formula is C9H14N2O2S. The summed E-state index contributed by atoms with van der Waals surface area (Å²) in [4.78, 5) is 13.1. The Morgan fingerprint density at radius 2 is 2.43 bits per heavy atom. The van der Waals surface area contributed by atoms with Crippen molar-refractivity contribution in [1.82, 2.24) is 4.90 Å². The summed E-state index contributed by atoms with van der Waals surface area (Å²) < 4.78 is 4.94. The van der Waals surface area contributed by atoms with Gasteiger partial charge in [-0.2, -0.15) is 11.3 Å². The lowest BCUT2D eigenvalue weighted by Gasteiger charge is -2.09. The molecule has 0 bridgehead atoms. The van der Waals surface area contributed by atoms with Crippen LogP contribution in [0.5, 0.6) is 0 Å². The number of carbonyl (C=O) groups is 1. The lowest BCUT2D eigenvalue weighted by Crippen LogP contribution is -2.22. The normalized spacial score (nSPS) is 10.2. The first kappa shape index (κ1) is 11.0. The van der Waals surface area contributed by atoms with Gasteiger partial charge >= 0.3 is 6.09 Å². The number of amides is 1. The van der Waals surface area contributed by atoms with Gasteiger partial charge in [0, 0.05) is 11.9 Å². The van der Waals surface area contributed by atoms with Crippen molar-refractivity contribution in [3.63, 3.8) is 0 Å². The minimum atomic E-state index is -0.398. The van der Waals surface area contributed by atoms with Gasteiger partial charge in [0.2, 0.25) is 0 Å². The van der Waals surface area contributed by atoms with Crippen molar-refractivity contribution < 1.29 is 9.53 Å². The topological polar surface area (TPSA) is 41.6 Å². The number of likely N-dealkylation sites (N-methyl/N-ethyl adjacent to an activating group) is 1. The van der Waals surface area contributed by atoms with Gasteiger partial charge < -0.3 is 9.64 Å². The zero-order valence-corrected chi connectivity index (χ0v) is 9.13. The minimum absolute atomic E-state index is 0.398. The second-order valence-corrected chi connectivity index (χ2v) is 3.86. The molecule has 1 rings (SSSR count). The van der Waals surface area contributed by atoms with Crippen LogP contribution in [0.3, 0.4) is 0 Å². The molecule has 0 saturated carbocycles. The molecule has 1 heterocycles. The Hall–Kier alpha value is -1.07. The van der Waals surface area contributed by atoms with Gasteiger partial charge in [-0.1, -0.05) is 0 Å². The van der Waals surface area contributed by atoms with Crippen molar-refractivity contribution in [3.8, 4) is 0 Å². The van der Waals surface area contributed by atoms with Crippen LogP contribution in [0, 0.1) is 0 Å². The number of hydrogen-bond acceptors (Lipinski definition) is 4. The Bertz CT molecular complexity index is 272. The number of nitrogens with zero attached hydrogens (tertiary/aromatic N) is 1. The Kier molecular flexibility index (Phi) is 4.42. The van der Waals surface area contributed by atoms with Gasteiger partial charge in [-0.3, -0.25) is 5.32 Å². The van der Waals surface area contributed by atoms with Crippen molar-refractivity contribution in [2.45, 2.75) is 0 Å². The number of carbonyl (C=O) groups excluding carboxylic acids is 1. The molecule has 4 nitrogen and oxygen atoms in total. The van der Waals surface area contributed by atoms with E-state index in [1.807, 2.05) is 35.8 Å². The Morgan fingerprint density at radius 3 is 3.00 bits per heavy atom. The van der Waals surface area contributed by atoms with E-state index >= 15 is 0 Å². The molecule has 1 aromatic rings. The Labute approximate surface area is 87.5 Å². The lowest BCUT2D eigenvalue weighted by atomic mass is 10.5. The average molecular weight is 214 g/mol. The predicted molar refractivity (Wildman–Crippen MR) is 57.8 cm³/mol. The fourth-order valence-electron chi connectivity index (χ4n) is 0.810. The molecule has 0 radical (unpaired) electrons. The monoisotopic (exact) mass is 214 g/mol. The summed E-state index contributed by atoms with van der Waals surface area (Å²) in [6.07, 6.45) is -0.398. The Balaban J connectivity index is 2.17. The molecule has 5 heteroatoms. The molecule has 14 heavy (non-hydrogen) atoms. The standard InChI is InChI=1S/C9H14N2O2S/c1-11(2)4-5-13-9(12)10-8-3-6-14-7-8/h3,6-7H,4-5H2,1-2H3,(H,10,12). The first-order chi connectivity index (χ1) is 6.68. The fourth-order valence-corrected chi connectivity index (χ4v) is 1.40. The van der Waals surface area contributed by atoms with E-state index in [-0.39, 0.29) is 0 Å². The molecule has 0 spiro atoms. The van der Waals surface area contributed by atoms with Gasteiger partial charge in [-0.15, -0.1) is 0 Å². The largest absolute Gasteiger partial charge is 0.448 e. The van der Waals surface area contributed by atoms with Crippen molar-refractivity contribution in [2.24, 2.45) is 0 Å². The number of anilines is 1. The van der Waals surface area contributed by atoms with Crippen LogP contribution in [0.1, 0.15) is 0 Å². The molecule has 0 atom stereocenters. The van der Waals surface area contributed by atoms with E-state index in [2.05, 4.69) is 5.32 Å². The number of hydrogen-bond donors (Lipinski definition) is 1. The lowest BCUT2D eigenvalue weighted by molar-refractivity contribution is 0.151. The molecule has 0 aromatic carbocycles. The molecule has 0 saturated heterocycles. The third-order valence-electron chi connectivity index (χ3n) is 1.54. The molecule has 0 aliphatic rings. The van der Waals surface area contributed by atoms with Crippen molar-refractivity contribution in [3.05, 3.63) is 16.8 Å². The van der Waals surface area contributed by atoms with Gasteiger partial charge in [-0.25, -0.2) is 4.79 Å². The second-order valence-electron chi connectivity index (χ2n) is 3.08. The highest BCUT2D eigenvalue weighted by Crippen LogP contribution is 2.11. The maximum Gasteiger partial charge on any atom is 0.411 e. The third kappa shape index (κ3) is 4.25. The SMILES string of the molecule is CN(C)CCOC(=O)Nc1ccsc1. The summed E-state index contributed by atoms with van der Waals surface area (Å²) >= 11 is 1.53. The molecule has 0 unspecified atom stereocenters. The first-order valence-electron chi connectivity index (χ1n) is 4.29. The van der Waals surface area contributed by atoms with Gasteiger partial charge in [0.05, 0.1) is 5.69 Å². The van der Waals surface area contributed by atoms with Crippen LogP contribution in [0.15, 0.2) is 16.8 Å². The number of nitrogens with one attached hydrogen (secondary N) is 1. The van der Waals surface area contributed by atoms with Gasteiger partial charge in [0.1, 0.15) is 6.61 Å². The van der Waals surface area contributed by atoms with Crippen LogP contribution in [0.2, 0.25) is 0 Å². The molecule has 0 aliphatic carbocycles. The van der Waals surface area contributed by atoms with Crippen LogP contribution >= 0.6 is 11.3 Å². The highest BCUT2D eigenvalue weighted by atomic mass is 32.1. The van der Waals surface area contributed by atoms with E-state index in [1.165, 1.54) is 11.3 Å². The molecule has 1 amide bonds. The quantitative estimate of drug-likeness (QED) is 0.831. The maximum atomic E-state index is 11.1. The Morgan fingerprint density at radius 1 is 1.64 bits per heavy atom. The van der Waals surface area contributed by atoms with Crippen LogP contribution in [0.4, 0.5) is 10.5 Å². The van der Waals surface area contributed by atoms with Crippen LogP contribution in [-0.4, -0.2) is 38.2 Å². The van der Waals surface area contributed by atoms with E-state index in [9.17, 15) is 4.79 Å². The number of rotatable bonds is 4.